The number of nitrogens with zero attached hydrogens (tertiary/aromatic N) is 3. The Morgan fingerprint density at radius 3 is 2.61 bits per heavy atom. The summed E-state index contributed by atoms with van der Waals surface area (Å²) in [6, 6.07) is 2.33. The van der Waals surface area contributed by atoms with E-state index in [1.807, 2.05) is 25.5 Å². The molecule has 0 aliphatic heterocycles. The number of fused-ring (bicyclic) bond motifs is 1. The van der Waals surface area contributed by atoms with Crippen molar-refractivity contribution in [3.05, 3.63) is 23.0 Å². The summed E-state index contributed by atoms with van der Waals surface area (Å²) >= 11 is 0. The van der Waals surface area contributed by atoms with Gasteiger partial charge < -0.3 is 10.6 Å². The second-order valence-electron chi connectivity index (χ2n) is 4.51. The van der Waals surface area contributed by atoms with Gasteiger partial charge in [0.05, 0.1) is 11.7 Å². The molecule has 98 valence electrons. The van der Waals surface area contributed by atoms with Crippen LogP contribution in [0, 0.1) is 13.8 Å². The third kappa shape index (κ3) is 1.95. The van der Waals surface area contributed by atoms with Gasteiger partial charge in [-0.2, -0.15) is 9.61 Å². The molecule has 5 nitrogen and oxygen atoms in total. The molecule has 18 heavy (non-hydrogen) atoms. The third-order valence-corrected chi connectivity index (χ3v) is 3.45. The van der Waals surface area contributed by atoms with Gasteiger partial charge in [0.2, 0.25) is 0 Å². The molecule has 2 heterocycles. The first-order chi connectivity index (χ1) is 8.62. The highest BCUT2D eigenvalue weighted by Crippen LogP contribution is 2.22. The maximum absolute atomic E-state index is 4.66. The van der Waals surface area contributed by atoms with Crippen molar-refractivity contribution in [2.24, 2.45) is 0 Å². The van der Waals surface area contributed by atoms with Crippen molar-refractivity contribution in [2.45, 2.75) is 33.2 Å². The predicted molar refractivity (Wildman–Crippen MR) is 74.1 cm³/mol. The van der Waals surface area contributed by atoms with Crippen LogP contribution >= 0.6 is 0 Å². The van der Waals surface area contributed by atoms with Crippen molar-refractivity contribution in [1.29, 1.82) is 0 Å². The second kappa shape index (κ2) is 4.94. The van der Waals surface area contributed by atoms with Gasteiger partial charge in [0.25, 0.3) is 0 Å². The Bertz CT molecular complexity index is 554. The highest BCUT2D eigenvalue weighted by Gasteiger charge is 2.15. The molecule has 1 unspecified atom stereocenters. The monoisotopic (exact) mass is 247 g/mol. The maximum atomic E-state index is 4.66. The van der Waals surface area contributed by atoms with E-state index in [9.17, 15) is 0 Å². The van der Waals surface area contributed by atoms with E-state index in [1.165, 1.54) is 0 Å². The van der Waals surface area contributed by atoms with Crippen molar-refractivity contribution >= 4 is 11.5 Å². The van der Waals surface area contributed by atoms with E-state index >= 15 is 0 Å². The van der Waals surface area contributed by atoms with Crippen LogP contribution in [-0.2, 0) is 0 Å². The van der Waals surface area contributed by atoms with Crippen LogP contribution in [-0.4, -0.2) is 28.7 Å². The van der Waals surface area contributed by atoms with Crippen LogP contribution in [0.2, 0.25) is 0 Å². The van der Waals surface area contributed by atoms with Crippen LogP contribution < -0.4 is 10.6 Å². The summed E-state index contributed by atoms with van der Waals surface area (Å²) in [6.07, 6.45) is 1.01. The average Bonchev–Trinajstić information content (AvgIpc) is 2.75. The van der Waals surface area contributed by atoms with Gasteiger partial charge in [0, 0.05) is 24.4 Å². The number of hydrogen-bond donors (Lipinski definition) is 2. The number of aryl methyl sites for hydroxylation is 1. The normalized spacial score (nSPS) is 12.9. The van der Waals surface area contributed by atoms with Gasteiger partial charge in [-0.1, -0.05) is 6.92 Å². The number of aromatic nitrogens is 3. The Labute approximate surface area is 108 Å². The zero-order valence-corrected chi connectivity index (χ0v) is 11.7. The zero-order chi connectivity index (χ0) is 13.3. The summed E-state index contributed by atoms with van der Waals surface area (Å²) < 4.78 is 1.89. The number of rotatable bonds is 4. The molecule has 0 saturated carbocycles. The summed E-state index contributed by atoms with van der Waals surface area (Å²) in [6.45, 7) is 6.23. The lowest BCUT2D eigenvalue weighted by Gasteiger charge is -2.10. The molecule has 0 aliphatic rings. The highest BCUT2D eigenvalue weighted by atomic mass is 15.3. The number of anilines is 1. The molecule has 0 aromatic carbocycles. The quantitative estimate of drug-likeness (QED) is 0.868. The van der Waals surface area contributed by atoms with Gasteiger partial charge in [-0.15, -0.1) is 0 Å². The second-order valence-corrected chi connectivity index (χ2v) is 4.51. The molecular formula is C13H21N5. The molecule has 0 saturated heterocycles. The largest absolute Gasteiger partial charge is 0.373 e. The van der Waals surface area contributed by atoms with E-state index in [4.69, 9.17) is 0 Å². The lowest BCUT2D eigenvalue weighted by Crippen LogP contribution is -2.16. The summed E-state index contributed by atoms with van der Waals surface area (Å²) in [5.41, 5.74) is 4.10. The molecule has 1 atom stereocenters. The van der Waals surface area contributed by atoms with Crippen molar-refractivity contribution < 1.29 is 0 Å². The maximum Gasteiger partial charge on any atom is 0.157 e. The van der Waals surface area contributed by atoms with Crippen LogP contribution in [0.15, 0.2) is 6.07 Å². The van der Waals surface area contributed by atoms with Gasteiger partial charge in [-0.3, -0.25) is 0 Å². The Balaban J connectivity index is 2.64. The Morgan fingerprint density at radius 1 is 1.33 bits per heavy atom. The van der Waals surface area contributed by atoms with Crippen molar-refractivity contribution in [3.63, 3.8) is 0 Å². The van der Waals surface area contributed by atoms with Crippen LogP contribution in [0.5, 0.6) is 0 Å². The summed E-state index contributed by atoms with van der Waals surface area (Å²) in [4.78, 5) is 4.59. The Morgan fingerprint density at radius 2 is 2.06 bits per heavy atom. The molecule has 0 fully saturated rings. The molecule has 0 bridgehead atoms. The van der Waals surface area contributed by atoms with Gasteiger partial charge in [-0.05, 0) is 27.3 Å². The molecule has 0 radical (unpaired) electrons. The smallest absolute Gasteiger partial charge is 0.157 e. The van der Waals surface area contributed by atoms with Gasteiger partial charge in [0.1, 0.15) is 5.82 Å². The summed E-state index contributed by atoms with van der Waals surface area (Å²) in [5.74, 6) is 1.01. The van der Waals surface area contributed by atoms with E-state index in [0.717, 1.165) is 34.8 Å². The molecule has 2 rings (SSSR count). The molecular weight excluding hydrogens is 226 g/mol. The average molecular weight is 247 g/mol. The molecule has 0 spiro atoms. The van der Waals surface area contributed by atoms with Crippen molar-refractivity contribution in [3.8, 4) is 0 Å². The molecule has 2 aromatic rings. The number of hydrogen-bond acceptors (Lipinski definition) is 4. The zero-order valence-electron chi connectivity index (χ0n) is 11.7. The van der Waals surface area contributed by atoms with E-state index in [1.54, 1.807) is 0 Å². The van der Waals surface area contributed by atoms with Gasteiger partial charge >= 0.3 is 0 Å². The first kappa shape index (κ1) is 12.8. The third-order valence-electron chi connectivity index (χ3n) is 3.45. The van der Waals surface area contributed by atoms with Gasteiger partial charge in [0.15, 0.2) is 5.65 Å². The first-order valence-corrected chi connectivity index (χ1v) is 6.34. The first-order valence-electron chi connectivity index (χ1n) is 6.34. The molecule has 5 heteroatoms. The molecule has 0 aliphatic carbocycles. The van der Waals surface area contributed by atoms with E-state index in [2.05, 4.69) is 40.6 Å². The number of nitrogens with one attached hydrogen (secondary N) is 2. The van der Waals surface area contributed by atoms with E-state index in [0.29, 0.717) is 0 Å². The molecule has 0 amide bonds. The molecule has 2 aromatic heterocycles. The fraction of sp³-hybridized carbons (Fsp3) is 0.538. The van der Waals surface area contributed by atoms with Crippen LogP contribution in [0.25, 0.3) is 5.65 Å². The fourth-order valence-electron chi connectivity index (χ4n) is 2.24. The Hall–Kier alpha value is -1.62. The van der Waals surface area contributed by atoms with E-state index in [-0.39, 0.29) is 6.04 Å². The minimum Gasteiger partial charge on any atom is -0.373 e. The lowest BCUT2D eigenvalue weighted by atomic mass is 10.1. The topological polar surface area (TPSA) is 54.2 Å². The van der Waals surface area contributed by atoms with Crippen molar-refractivity contribution in [2.75, 3.05) is 19.4 Å². The van der Waals surface area contributed by atoms with Crippen LogP contribution in [0.1, 0.15) is 36.3 Å². The SMILES string of the molecule is CCC(NC)c1cc2nc(C)c(C)c(NC)n2n1. The summed E-state index contributed by atoms with van der Waals surface area (Å²) in [5, 5.41) is 11.1. The van der Waals surface area contributed by atoms with Crippen LogP contribution in [0.3, 0.4) is 0 Å². The minimum absolute atomic E-state index is 0.275. The molecule has 2 N–H and O–H groups in total. The fourth-order valence-corrected chi connectivity index (χ4v) is 2.24. The lowest BCUT2D eigenvalue weighted by molar-refractivity contribution is 0.557. The standard InChI is InChI=1S/C13H21N5/c1-6-10(14-4)11-7-12-16-9(3)8(2)13(15-5)18(12)17-11/h7,10,14-15H,6H2,1-5H3. The van der Waals surface area contributed by atoms with Gasteiger partial charge in [-0.25, -0.2) is 4.98 Å². The van der Waals surface area contributed by atoms with E-state index < -0.39 is 0 Å². The summed E-state index contributed by atoms with van der Waals surface area (Å²) in [7, 11) is 3.87. The Kier molecular flexibility index (Phi) is 3.52. The van der Waals surface area contributed by atoms with Crippen molar-refractivity contribution in [1.82, 2.24) is 19.9 Å². The highest BCUT2D eigenvalue weighted by molar-refractivity contribution is 5.55. The minimum atomic E-state index is 0.275. The predicted octanol–water partition coefficient (Wildman–Crippen LogP) is 2.06. The van der Waals surface area contributed by atoms with Crippen LogP contribution in [0.4, 0.5) is 5.82 Å².